The van der Waals surface area contributed by atoms with Crippen molar-refractivity contribution < 1.29 is 19.4 Å². The highest BCUT2D eigenvalue weighted by molar-refractivity contribution is 7.18. The Balaban J connectivity index is 1.54. The van der Waals surface area contributed by atoms with Crippen LogP contribution in [-0.4, -0.2) is 40.5 Å². The summed E-state index contributed by atoms with van der Waals surface area (Å²) in [7, 11) is 1.65. The smallest absolute Gasteiger partial charge is 0.338 e. The fraction of sp³-hybridized carbons (Fsp3) is 0.211. The van der Waals surface area contributed by atoms with E-state index in [0.717, 1.165) is 15.2 Å². The predicted molar refractivity (Wildman–Crippen MR) is 98.7 cm³/mol. The number of benzene rings is 2. The van der Waals surface area contributed by atoms with Gasteiger partial charge in [-0.15, -0.1) is 11.3 Å². The zero-order chi connectivity index (χ0) is 18.5. The maximum Gasteiger partial charge on any atom is 0.338 e. The van der Waals surface area contributed by atoms with Crippen molar-refractivity contribution in [3.05, 3.63) is 64.7 Å². The van der Waals surface area contributed by atoms with E-state index in [0.29, 0.717) is 17.7 Å². The lowest BCUT2D eigenvalue weighted by atomic mass is 10.1. The number of aliphatic hydroxyl groups excluding tert-OH is 1. The summed E-state index contributed by atoms with van der Waals surface area (Å²) >= 11 is 1.53. The summed E-state index contributed by atoms with van der Waals surface area (Å²) in [5.41, 5.74) is 1.95. The summed E-state index contributed by atoms with van der Waals surface area (Å²) in [5, 5.41) is 9.83. The number of rotatable bonds is 6. The van der Waals surface area contributed by atoms with E-state index in [1.807, 2.05) is 24.3 Å². The molecule has 1 N–H and O–H groups in total. The quantitative estimate of drug-likeness (QED) is 0.675. The van der Waals surface area contributed by atoms with E-state index in [1.165, 1.54) is 16.2 Å². The van der Waals surface area contributed by atoms with Gasteiger partial charge in [-0.25, -0.2) is 9.78 Å². The van der Waals surface area contributed by atoms with E-state index in [-0.39, 0.29) is 19.1 Å². The molecule has 6 nitrogen and oxygen atoms in total. The number of aromatic nitrogens is 1. The van der Waals surface area contributed by atoms with Gasteiger partial charge in [0.05, 0.1) is 28.9 Å². The molecule has 0 atom stereocenters. The Morgan fingerprint density at radius 1 is 1.15 bits per heavy atom. The van der Waals surface area contributed by atoms with Crippen molar-refractivity contribution in [3.63, 3.8) is 0 Å². The third-order valence-electron chi connectivity index (χ3n) is 3.84. The van der Waals surface area contributed by atoms with Crippen LogP contribution in [0.5, 0.6) is 0 Å². The molecule has 3 rings (SSSR count). The second kappa shape index (κ2) is 8.07. The highest BCUT2D eigenvalue weighted by Crippen LogP contribution is 2.22. The first-order chi connectivity index (χ1) is 12.6. The first-order valence-electron chi connectivity index (χ1n) is 8.02. The number of aliphatic hydroxyl groups is 1. The monoisotopic (exact) mass is 370 g/mol. The second-order valence-corrected chi connectivity index (χ2v) is 6.87. The zero-order valence-electron chi connectivity index (χ0n) is 14.2. The summed E-state index contributed by atoms with van der Waals surface area (Å²) < 4.78 is 6.14. The summed E-state index contributed by atoms with van der Waals surface area (Å²) in [6, 6.07) is 14.2. The molecule has 0 aliphatic carbocycles. The van der Waals surface area contributed by atoms with Gasteiger partial charge in [0.15, 0.2) is 6.61 Å². The number of amides is 1. The van der Waals surface area contributed by atoms with Gasteiger partial charge in [-0.1, -0.05) is 24.3 Å². The molecule has 0 aliphatic heterocycles. The number of hydrogen-bond donors (Lipinski definition) is 1. The summed E-state index contributed by atoms with van der Waals surface area (Å²) in [6.45, 7) is -0.0622. The number of fused-ring (bicyclic) bond motifs is 1. The van der Waals surface area contributed by atoms with Gasteiger partial charge in [-0.2, -0.15) is 0 Å². The Kier molecular flexibility index (Phi) is 5.60. The van der Waals surface area contributed by atoms with Crippen LogP contribution in [-0.2, 0) is 22.7 Å². The SMILES string of the molecule is CN(Cc1nc2ccccc2s1)C(=O)COC(=O)c1ccc(CO)cc1. The number of esters is 1. The van der Waals surface area contributed by atoms with E-state index in [2.05, 4.69) is 4.98 Å². The Morgan fingerprint density at radius 3 is 2.58 bits per heavy atom. The molecule has 0 bridgehead atoms. The number of hydrogen-bond acceptors (Lipinski definition) is 6. The molecule has 0 spiro atoms. The van der Waals surface area contributed by atoms with Gasteiger partial charge in [0, 0.05) is 7.05 Å². The van der Waals surface area contributed by atoms with Gasteiger partial charge in [0.25, 0.3) is 5.91 Å². The highest BCUT2D eigenvalue weighted by atomic mass is 32.1. The molecule has 1 amide bonds. The molecule has 0 saturated carbocycles. The van der Waals surface area contributed by atoms with Gasteiger partial charge in [-0.3, -0.25) is 4.79 Å². The van der Waals surface area contributed by atoms with Crippen LogP contribution < -0.4 is 0 Å². The molecule has 0 aliphatic rings. The Morgan fingerprint density at radius 2 is 1.88 bits per heavy atom. The summed E-state index contributed by atoms with van der Waals surface area (Å²) in [5.74, 6) is -0.874. The molecular formula is C19H18N2O4S. The van der Waals surface area contributed by atoms with Crippen LogP contribution in [0.15, 0.2) is 48.5 Å². The number of likely N-dealkylation sites (N-methyl/N-ethyl adjacent to an activating group) is 1. The Bertz CT molecular complexity index is 888. The Hall–Kier alpha value is -2.77. The van der Waals surface area contributed by atoms with Crippen molar-refractivity contribution >= 4 is 33.4 Å². The van der Waals surface area contributed by atoms with E-state index in [1.54, 1.807) is 31.3 Å². The van der Waals surface area contributed by atoms with Gasteiger partial charge in [0.2, 0.25) is 0 Å². The standard InChI is InChI=1S/C19H18N2O4S/c1-21(10-17-20-15-4-2-3-5-16(15)26-17)18(23)12-25-19(24)14-8-6-13(11-22)7-9-14/h2-9,22H,10-12H2,1H3. The third-order valence-corrected chi connectivity index (χ3v) is 4.86. The topological polar surface area (TPSA) is 79.7 Å². The van der Waals surface area contributed by atoms with E-state index in [9.17, 15) is 9.59 Å². The molecule has 134 valence electrons. The van der Waals surface area contributed by atoms with Crippen molar-refractivity contribution in [2.45, 2.75) is 13.2 Å². The van der Waals surface area contributed by atoms with Crippen LogP contribution in [0.25, 0.3) is 10.2 Å². The first kappa shape index (κ1) is 18.0. The molecule has 7 heteroatoms. The first-order valence-corrected chi connectivity index (χ1v) is 8.84. The van der Waals surface area contributed by atoms with E-state index >= 15 is 0 Å². The van der Waals surface area contributed by atoms with Crippen molar-refractivity contribution in [1.29, 1.82) is 0 Å². The third kappa shape index (κ3) is 4.25. The van der Waals surface area contributed by atoms with Gasteiger partial charge in [-0.05, 0) is 29.8 Å². The minimum Gasteiger partial charge on any atom is -0.452 e. The van der Waals surface area contributed by atoms with Crippen LogP contribution in [0.1, 0.15) is 20.9 Å². The largest absolute Gasteiger partial charge is 0.452 e. The summed E-state index contributed by atoms with van der Waals surface area (Å²) in [6.07, 6.45) is 0. The molecule has 0 unspecified atom stereocenters. The second-order valence-electron chi connectivity index (χ2n) is 5.76. The molecule has 3 aromatic rings. The van der Waals surface area contributed by atoms with E-state index < -0.39 is 5.97 Å². The molecule has 26 heavy (non-hydrogen) atoms. The van der Waals surface area contributed by atoms with Crippen LogP contribution in [0, 0.1) is 0 Å². The lowest BCUT2D eigenvalue weighted by molar-refractivity contribution is -0.133. The minimum absolute atomic E-state index is 0.0929. The maximum atomic E-state index is 12.2. The fourth-order valence-corrected chi connectivity index (χ4v) is 3.37. The molecule has 0 radical (unpaired) electrons. The number of carbonyl (C=O) groups is 2. The van der Waals surface area contributed by atoms with Crippen molar-refractivity contribution in [2.24, 2.45) is 0 Å². The number of thiazole rings is 1. The number of ether oxygens (including phenoxy) is 1. The average Bonchev–Trinajstić information content (AvgIpc) is 3.08. The van der Waals surface area contributed by atoms with Crippen molar-refractivity contribution in [2.75, 3.05) is 13.7 Å². The minimum atomic E-state index is -0.573. The van der Waals surface area contributed by atoms with E-state index in [4.69, 9.17) is 9.84 Å². The number of nitrogens with zero attached hydrogens (tertiary/aromatic N) is 2. The van der Waals surface area contributed by atoms with Gasteiger partial charge < -0.3 is 14.7 Å². The Labute approximate surface area is 154 Å². The van der Waals surface area contributed by atoms with Crippen LogP contribution >= 0.6 is 11.3 Å². The number of para-hydroxylation sites is 1. The van der Waals surface area contributed by atoms with Gasteiger partial charge >= 0.3 is 5.97 Å². The predicted octanol–water partition coefficient (Wildman–Crippen LogP) is 2.60. The molecule has 2 aromatic carbocycles. The molecular weight excluding hydrogens is 352 g/mol. The molecule has 0 saturated heterocycles. The fourth-order valence-electron chi connectivity index (χ4n) is 2.35. The molecule has 1 heterocycles. The zero-order valence-corrected chi connectivity index (χ0v) is 15.0. The lowest BCUT2D eigenvalue weighted by Gasteiger charge is -2.15. The van der Waals surface area contributed by atoms with Crippen LogP contribution in [0.4, 0.5) is 0 Å². The molecule has 1 aromatic heterocycles. The van der Waals surface area contributed by atoms with Crippen molar-refractivity contribution in [3.8, 4) is 0 Å². The maximum absolute atomic E-state index is 12.2. The van der Waals surface area contributed by atoms with Crippen LogP contribution in [0.2, 0.25) is 0 Å². The average molecular weight is 370 g/mol. The highest BCUT2D eigenvalue weighted by Gasteiger charge is 2.15. The normalized spacial score (nSPS) is 10.7. The number of carbonyl (C=O) groups excluding carboxylic acids is 2. The summed E-state index contributed by atoms with van der Waals surface area (Å²) in [4.78, 5) is 30.1. The lowest BCUT2D eigenvalue weighted by Crippen LogP contribution is -2.30. The van der Waals surface area contributed by atoms with Crippen LogP contribution in [0.3, 0.4) is 0 Å². The van der Waals surface area contributed by atoms with Gasteiger partial charge in [0.1, 0.15) is 5.01 Å². The molecule has 0 fully saturated rings. The van der Waals surface area contributed by atoms with Crippen molar-refractivity contribution in [1.82, 2.24) is 9.88 Å².